The number of hydrogen-bond donors (Lipinski definition) is 0. The normalized spacial score (nSPS) is 14.2. The van der Waals surface area contributed by atoms with Crippen molar-refractivity contribution < 1.29 is 12.0 Å². The Morgan fingerprint density at radius 3 is 0.667 bits per heavy atom. The third kappa shape index (κ3) is 239000. The van der Waals surface area contributed by atoms with E-state index in [-0.39, 0.29) is 0 Å². The Bertz CT molecular complexity index is 274. The van der Waals surface area contributed by atoms with E-state index in [1.807, 2.05) is 0 Å². The van der Waals surface area contributed by atoms with Gasteiger partial charge in [-0.05, 0) is 0 Å². The molecule has 0 aliphatic rings. The average molecular weight is 256 g/mol. The summed E-state index contributed by atoms with van der Waals surface area (Å²) in [6.45, 7) is 0. The zero-order chi connectivity index (χ0) is 5.45. The minimum absolute atomic E-state index is 2.95. The van der Waals surface area contributed by atoms with E-state index in [0.29, 0.717) is 0 Å². The standard InChI is InChI=1S/5CH2.Re/h5*1H2;. The Balaban J connectivity index is 7.45. The van der Waals surface area contributed by atoms with Gasteiger partial charge in [0.1, 0.15) is 0 Å². The second-order valence-corrected chi connectivity index (χ2v) is 15.5. The second kappa shape index (κ2) is 0.805. The number of rotatable bonds is 0. The Kier molecular flexibility index (Phi) is 0.807. The predicted molar refractivity (Wildman–Crippen MR) is 35.6 cm³/mol. The first-order valence-electron chi connectivity index (χ1n) is 1.34. The molecular weight excluding hydrogens is 246 g/mol. The summed E-state index contributed by atoms with van der Waals surface area (Å²) in [6, 6.07) is 0. The van der Waals surface area contributed by atoms with Crippen LogP contribution in [0.1, 0.15) is 0 Å². The van der Waals surface area contributed by atoms with Crippen LogP contribution < -0.4 is 0 Å². The summed E-state index contributed by atoms with van der Waals surface area (Å²) in [5, 5.41) is 0. The molecule has 0 aliphatic carbocycles. The van der Waals surface area contributed by atoms with Crippen molar-refractivity contribution in [1.82, 2.24) is 0 Å². The fraction of sp³-hybridized carbons (Fsp3) is 0. The van der Waals surface area contributed by atoms with Gasteiger partial charge in [0.2, 0.25) is 0 Å². The average Bonchev–Trinajstić information content (AvgIpc) is 0.650. The molecule has 0 aromatic rings. The summed E-state index contributed by atoms with van der Waals surface area (Å²) >= 11 is -2.95. The Morgan fingerprint density at radius 2 is 0.667 bits per heavy atom. The molecular formula is C5H10Re. The van der Waals surface area contributed by atoms with Crippen molar-refractivity contribution >= 4 is 24.9 Å². The summed E-state index contributed by atoms with van der Waals surface area (Å²) in [7, 11) is 0. The SMILES string of the molecule is [CH2]=[Re](=[CH2])(=[CH2])(=[CH2])=[CH2]. The number of hydrogen-bond acceptors (Lipinski definition) is 0. The molecule has 0 aromatic carbocycles. The van der Waals surface area contributed by atoms with E-state index in [1.54, 1.807) is 0 Å². The molecule has 0 heterocycles. The summed E-state index contributed by atoms with van der Waals surface area (Å²) < 4.78 is 0. The van der Waals surface area contributed by atoms with Crippen molar-refractivity contribution in [3.63, 3.8) is 0 Å². The van der Waals surface area contributed by atoms with Crippen LogP contribution in [0.5, 0.6) is 0 Å². The van der Waals surface area contributed by atoms with E-state index in [4.69, 9.17) is 0 Å². The van der Waals surface area contributed by atoms with E-state index in [2.05, 4.69) is 24.9 Å². The zero-order valence-electron chi connectivity index (χ0n) is 3.91. The molecule has 0 spiro atoms. The molecule has 0 bridgehead atoms. The Labute approximate surface area is 37.4 Å². The molecule has 0 atom stereocenters. The Morgan fingerprint density at radius 1 is 0.667 bits per heavy atom. The molecule has 0 saturated heterocycles. The molecule has 6 heavy (non-hydrogen) atoms. The molecule has 0 rings (SSSR count). The van der Waals surface area contributed by atoms with Crippen molar-refractivity contribution in [2.45, 2.75) is 0 Å². The van der Waals surface area contributed by atoms with E-state index >= 15 is 0 Å². The van der Waals surface area contributed by atoms with Crippen LogP contribution in [0.3, 0.4) is 0 Å². The van der Waals surface area contributed by atoms with Gasteiger partial charge in [-0.15, -0.1) is 0 Å². The summed E-state index contributed by atoms with van der Waals surface area (Å²) in [4.78, 5) is 18.3. The van der Waals surface area contributed by atoms with Gasteiger partial charge in [0, 0.05) is 0 Å². The van der Waals surface area contributed by atoms with Crippen LogP contribution in [0.2, 0.25) is 0 Å². The van der Waals surface area contributed by atoms with Crippen molar-refractivity contribution in [2.75, 3.05) is 0 Å². The van der Waals surface area contributed by atoms with E-state index in [0.717, 1.165) is 0 Å². The van der Waals surface area contributed by atoms with Gasteiger partial charge >= 0.3 is 37.0 Å². The first kappa shape index (κ1) is 6.01. The molecule has 0 aliphatic heterocycles. The van der Waals surface area contributed by atoms with Gasteiger partial charge in [0.05, 0.1) is 0 Å². The van der Waals surface area contributed by atoms with Crippen LogP contribution >= 0.6 is 0 Å². The van der Waals surface area contributed by atoms with Crippen molar-refractivity contribution in [3.05, 3.63) is 0 Å². The second-order valence-electron chi connectivity index (χ2n) is 1.89. The Hall–Kier alpha value is 0.0123. The molecule has 0 radical (unpaired) electrons. The summed E-state index contributed by atoms with van der Waals surface area (Å²) in [5.41, 5.74) is 0. The molecule has 0 N–H and O–H groups in total. The fourth-order valence-electron chi connectivity index (χ4n) is 0. The molecule has 1 heteroatoms. The van der Waals surface area contributed by atoms with Gasteiger partial charge in [0.15, 0.2) is 0 Å². The zero-order valence-corrected chi connectivity index (χ0v) is 6.63. The van der Waals surface area contributed by atoms with Gasteiger partial charge in [-0.1, -0.05) is 0 Å². The van der Waals surface area contributed by atoms with Crippen molar-refractivity contribution in [3.8, 4) is 0 Å². The molecule has 0 saturated carbocycles. The molecule has 0 aromatic heterocycles. The van der Waals surface area contributed by atoms with E-state index in [9.17, 15) is 0 Å². The predicted octanol–water partition coefficient (Wildman–Crippen LogP) is -0.164. The van der Waals surface area contributed by atoms with E-state index in [1.165, 1.54) is 0 Å². The van der Waals surface area contributed by atoms with Crippen LogP contribution in [0.4, 0.5) is 0 Å². The van der Waals surface area contributed by atoms with Crippen molar-refractivity contribution in [1.29, 1.82) is 0 Å². The first-order valence-corrected chi connectivity index (χ1v) is 10.9. The van der Waals surface area contributed by atoms with Crippen molar-refractivity contribution in [2.24, 2.45) is 0 Å². The van der Waals surface area contributed by atoms with Crippen LogP contribution in [0, 0.1) is 0 Å². The topological polar surface area (TPSA) is 0 Å². The molecule has 0 unspecified atom stereocenters. The molecule has 0 fully saturated rings. The van der Waals surface area contributed by atoms with Crippen LogP contribution in [0.15, 0.2) is 0 Å². The van der Waals surface area contributed by atoms with Gasteiger partial charge in [-0.2, -0.15) is 0 Å². The third-order valence-corrected chi connectivity index (χ3v) is 0. The van der Waals surface area contributed by atoms with Crippen LogP contribution in [0.25, 0.3) is 0 Å². The quantitative estimate of drug-likeness (QED) is 0.565. The minimum atomic E-state index is -2.95. The first-order chi connectivity index (χ1) is 2.24. The monoisotopic (exact) mass is 257 g/mol. The van der Waals surface area contributed by atoms with Gasteiger partial charge in [-0.25, -0.2) is 0 Å². The fourth-order valence-corrected chi connectivity index (χ4v) is 0. The molecule has 0 amide bonds. The van der Waals surface area contributed by atoms with E-state index < -0.39 is 12.0 Å². The van der Waals surface area contributed by atoms with Gasteiger partial charge < -0.3 is 0 Å². The molecule has 37 valence electrons. The van der Waals surface area contributed by atoms with Gasteiger partial charge in [-0.3, -0.25) is 0 Å². The maximum atomic E-state index is 3.66. The van der Waals surface area contributed by atoms with Crippen LogP contribution in [-0.2, 0) is 12.0 Å². The molecule has 0 nitrogen and oxygen atoms in total. The van der Waals surface area contributed by atoms with Gasteiger partial charge in [0.25, 0.3) is 0 Å². The summed E-state index contributed by atoms with van der Waals surface area (Å²) in [6.07, 6.45) is 0. The van der Waals surface area contributed by atoms with Crippen LogP contribution in [-0.4, -0.2) is 24.9 Å². The third-order valence-electron chi connectivity index (χ3n) is 0. The maximum absolute atomic E-state index is 3.66. The summed E-state index contributed by atoms with van der Waals surface area (Å²) in [5.74, 6) is 0.